The van der Waals surface area contributed by atoms with E-state index >= 15 is 0 Å². The van der Waals surface area contributed by atoms with Crippen LogP contribution in [0, 0.1) is 0 Å². The Labute approximate surface area is 167 Å². The third kappa shape index (κ3) is 6.17. The monoisotopic (exact) mass is 400 g/mol. The lowest BCUT2D eigenvalue weighted by Gasteiger charge is -2.09. The molecule has 0 aliphatic carbocycles. The molecule has 2 aromatic carbocycles. The van der Waals surface area contributed by atoms with Crippen molar-refractivity contribution in [2.45, 2.75) is 19.3 Å². The molecule has 2 rings (SSSR count). The quantitative estimate of drug-likeness (QED) is 0.492. The first-order valence-electron chi connectivity index (χ1n) is 8.72. The van der Waals surface area contributed by atoms with Crippen LogP contribution in [0.5, 0.6) is 11.5 Å². The van der Waals surface area contributed by atoms with E-state index in [0.717, 1.165) is 0 Å². The molecule has 0 heterocycles. The number of carbonyl (C=O) groups excluding carboxylic acids is 4. The third-order valence-electron chi connectivity index (χ3n) is 3.79. The second kappa shape index (κ2) is 10.6. The lowest BCUT2D eigenvalue weighted by Crippen LogP contribution is -2.14. The van der Waals surface area contributed by atoms with Crippen molar-refractivity contribution in [1.29, 1.82) is 0 Å². The van der Waals surface area contributed by atoms with Gasteiger partial charge in [0.05, 0.1) is 14.2 Å². The van der Waals surface area contributed by atoms with Crippen LogP contribution in [0.2, 0.25) is 0 Å². The minimum atomic E-state index is -0.624. The summed E-state index contributed by atoms with van der Waals surface area (Å²) < 4.78 is 19.6. The van der Waals surface area contributed by atoms with Crippen molar-refractivity contribution in [2.75, 3.05) is 14.2 Å². The SMILES string of the molecule is COC(=O)c1ccccc1OC(=O)CCCC(=O)Oc1ccccc1C(=O)OC. The Morgan fingerprint density at radius 3 is 1.41 bits per heavy atom. The maximum Gasteiger partial charge on any atom is 0.341 e. The molecule has 0 N–H and O–H groups in total. The summed E-state index contributed by atoms with van der Waals surface area (Å²) in [7, 11) is 2.45. The highest BCUT2D eigenvalue weighted by Crippen LogP contribution is 2.21. The molecule has 0 amide bonds. The summed E-state index contributed by atoms with van der Waals surface area (Å²) in [6, 6.07) is 12.4. The van der Waals surface area contributed by atoms with Gasteiger partial charge in [-0.05, 0) is 30.7 Å². The van der Waals surface area contributed by atoms with Crippen LogP contribution in [0.15, 0.2) is 48.5 Å². The van der Waals surface area contributed by atoms with Gasteiger partial charge in [-0.2, -0.15) is 0 Å². The molecule has 0 saturated heterocycles. The van der Waals surface area contributed by atoms with Crippen molar-refractivity contribution in [3.63, 3.8) is 0 Å². The number of benzene rings is 2. The fourth-order valence-corrected chi connectivity index (χ4v) is 2.39. The number of rotatable bonds is 8. The summed E-state index contributed by atoms with van der Waals surface area (Å²) in [5.74, 6) is -2.30. The normalized spacial score (nSPS) is 10.0. The molecule has 0 spiro atoms. The van der Waals surface area contributed by atoms with Crippen LogP contribution in [0.25, 0.3) is 0 Å². The number of esters is 4. The smallest absolute Gasteiger partial charge is 0.341 e. The minimum absolute atomic E-state index is 0.0662. The van der Waals surface area contributed by atoms with Crippen LogP contribution in [0.4, 0.5) is 0 Å². The highest BCUT2D eigenvalue weighted by atomic mass is 16.6. The summed E-state index contributed by atoms with van der Waals surface area (Å²) in [6.07, 6.45) is 0.0327. The molecule has 0 aliphatic rings. The lowest BCUT2D eigenvalue weighted by atomic mass is 10.2. The van der Waals surface area contributed by atoms with E-state index in [1.165, 1.54) is 38.5 Å². The van der Waals surface area contributed by atoms with Gasteiger partial charge >= 0.3 is 23.9 Å². The van der Waals surface area contributed by atoms with Gasteiger partial charge in [-0.25, -0.2) is 9.59 Å². The Bertz CT molecular complexity index is 830. The molecule has 8 nitrogen and oxygen atoms in total. The predicted octanol–water partition coefficient (Wildman–Crippen LogP) is 2.94. The minimum Gasteiger partial charge on any atom is -0.465 e. The maximum absolute atomic E-state index is 12.0. The standard InChI is InChI=1S/C21H20O8/c1-26-20(24)14-8-3-5-10-16(14)28-18(22)12-7-13-19(23)29-17-11-6-4-9-15(17)21(25)27-2/h3-6,8-11H,7,12-13H2,1-2H3. The average molecular weight is 400 g/mol. The summed E-state index contributed by atoms with van der Waals surface area (Å²) in [4.78, 5) is 47.4. The molecule has 0 radical (unpaired) electrons. The van der Waals surface area contributed by atoms with Crippen LogP contribution < -0.4 is 9.47 Å². The highest BCUT2D eigenvalue weighted by Gasteiger charge is 2.17. The van der Waals surface area contributed by atoms with Gasteiger partial charge in [-0.15, -0.1) is 0 Å². The molecule has 8 heteroatoms. The van der Waals surface area contributed by atoms with Crippen LogP contribution in [0.3, 0.4) is 0 Å². The summed E-state index contributed by atoms with van der Waals surface area (Å²) in [6.45, 7) is 0. The van der Waals surface area contributed by atoms with Gasteiger partial charge in [-0.3, -0.25) is 9.59 Å². The number of methoxy groups -OCH3 is 2. The van der Waals surface area contributed by atoms with Crippen molar-refractivity contribution < 1.29 is 38.1 Å². The Morgan fingerprint density at radius 1 is 0.655 bits per heavy atom. The van der Waals surface area contributed by atoms with Gasteiger partial charge in [0, 0.05) is 12.8 Å². The molecule has 0 fully saturated rings. The van der Waals surface area contributed by atoms with E-state index in [2.05, 4.69) is 9.47 Å². The van der Waals surface area contributed by atoms with Crippen LogP contribution in [-0.4, -0.2) is 38.1 Å². The van der Waals surface area contributed by atoms with Gasteiger partial charge in [-0.1, -0.05) is 24.3 Å². The largest absolute Gasteiger partial charge is 0.465 e. The molecule has 0 unspecified atom stereocenters. The second-order valence-electron chi connectivity index (χ2n) is 5.78. The molecule has 0 aliphatic heterocycles. The second-order valence-corrected chi connectivity index (χ2v) is 5.78. The van der Waals surface area contributed by atoms with Crippen LogP contribution in [0.1, 0.15) is 40.0 Å². The first kappa shape index (κ1) is 21.6. The highest BCUT2D eigenvalue weighted by molar-refractivity contribution is 5.94. The van der Waals surface area contributed by atoms with E-state index in [4.69, 9.17) is 9.47 Å². The molecule has 2 aromatic rings. The van der Waals surface area contributed by atoms with Crippen LogP contribution in [-0.2, 0) is 19.1 Å². The number of ether oxygens (including phenoxy) is 4. The summed E-state index contributed by atoms with van der Waals surface area (Å²) in [5, 5.41) is 0. The van der Waals surface area contributed by atoms with Gasteiger partial charge < -0.3 is 18.9 Å². The fourth-order valence-electron chi connectivity index (χ4n) is 2.39. The lowest BCUT2D eigenvalue weighted by molar-refractivity contribution is -0.136. The topological polar surface area (TPSA) is 105 Å². The van der Waals surface area contributed by atoms with E-state index in [1.807, 2.05) is 0 Å². The van der Waals surface area contributed by atoms with Crippen molar-refractivity contribution in [2.24, 2.45) is 0 Å². The molecular formula is C21H20O8. The van der Waals surface area contributed by atoms with E-state index in [-0.39, 0.29) is 41.9 Å². The number of carbonyl (C=O) groups is 4. The molecule has 29 heavy (non-hydrogen) atoms. The average Bonchev–Trinajstić information content (AvgIpc) is 2.73. The van der Waals surface area contributed by atoms with E-state index in [1.54, 1.807) is 24.3 Å². The van der Waals surface area contributed by atoms with Gasteiger partial charge in [0.25, 0.3) is 0 Å². The van der Waals surface area contributed by atoms with Crippen molar-refractivity contribution in [3.8, 4) is 11.5 Å². The fraction of sp³-hybridized carbons (Fsp3) is 0.238. The number of hydrogen-bond donors (Lipinski definition) is 0. The predicted molar refractivity (Wildman–Crippen MR) is 101 cm³/mol. The van der Waals surface area contributed by atoms with E-state index in [0.29, 0.717) is 0 Å². The van der Waals surface area contributed by atoms with Crippen molar-refractivity contribution >= 4 is 23.9 Å². The van der Waals surface area contributed by atoms with Crippen LogP contribution >= 0.6 is 0 Å². The molecule has 152 valence electrons. The van der Waals surface area contributed by atoms with Crippen molar-refractivity contribution in [3.05, 3.63) is 59.7 Å². The molecular weight excluding hydrogens is 380 g/mol. The summed E-state index contributed by atoms with van der Waals surface area (Å²) in [5.41, 5.74) is 0.254. The molecule has 0 aromatic heterocycles. The third-order valence-corrected chi connectivity index (χ3v) is 3.79. The Kier molecular flexibility index (Phi) is 7.90. The van der Waals surface area contributed by atoms with Gasteiger partial charge in [0.15, 0.2) is 0 Å². The zero-order valence-electron chi connectivity index (χ0n) is 16.0. The molecule has 0 saturated carbocycles. The van der Waals surface area contributed by atoms with Crippen molar-refractivity contribution in [1.82, 2.24) is 0 Å². The Morgan fingerprint density at radius 2 is 1.03 bits per heavy atom. The number of para-hydroxylation sites is 2. The van der Waals surface area contributed by atoms with E-state index in [9.17, 15) is 19.2 Å². The zero-order valence-corrected chi connectivity index (χ0v) is 16.0. The first-order chi connectivity index (χ1) is 14.0. The maximum atomic E-state index is 12.0. The zero-order chi connectivity index (χ0) is 21.2. The first-order valence-corrected chi connectivity index (χ1v) is 8.72. The van der Waals surface area contributed by atoms with Gasteiger partial charge in [0.2, 0.25) is 0 Å². The van der Waals surface area contributed by atoms with E-state index < -0.39 is 23.9 Å². The molecule has 0 atom stereocenters. The summed E-state index contributed by atoms with van der Waals surface area (Å²) >= 11 is 0. The Hall–Kier alpha value is -3.68. The molecule has 0 bridgehead atoms. The number of hydrogen-bond acceptors (Lipinski definition) is 8. The van der Waals surface area contributed by atoms with Gasteiger partial charge in [0.1, 0.15) is 22.6 Å². The Balaban J connectivity index is 1.86.